The van der Waals surface area contributed by atoms with Gasteiger partial charge in [-0.2, -0.15) is 23.4 Å². The molecular weight excluding hydrogens is 255 g/mol. The average molecular weight is 267 g/mol. The molecule has 1 atom stereocenters. The molecule has 1 aromatic heterocycles. The van der Waals surface area contributed by atoms with E-state index in [0.29, 0.717) is 5.69 Å². The first-order valence-corrected chi connectivity index (χ1v) is 5.69. The summed E-state index contributed by atoms with van der Waals surface area (Å²) in [5.74, 6) is 0. The van der Waals surface area contributed by atoms with Gasteiger partial charge in [-0.25, -0.2) is 0 Å². The van der Waals surface area contributed by atoms with Gasteiger partial charge in [0.1, 0.15) is 6.04 Å². The van der Waals surface area contributed by atoms with E-state index in [-0.39, 0.29) is 12.1 Å². The summed E-state index contributed by atoms with van der Waals surface area (Å²) in [6.45, 7) is 0.00686. The number of nitrogens with one attached hydrogen (secondary N) is 1. The van der Waals surface area contributed by atoms with Crippen LogP contribution >= 0.6 is 0 Å². The fraction of sp³-hybridized carbons (Fsp3) is 0.231. The minimum Gasteiger partial charge on any atom is -0.297 e. The van der Waals surface area contributed by atoms with Crippen LogP contribution in [0.25, 0.3) is 0 Å². The zero-order valence-corrected chi connectivity index (χ0v) is 9.93. The number of alkyl halides is 3. The molecule has 1 unspecified atom stereocenters. The van der Waals surface area contributed by atoms with Gasteiger partial charge in [-0.3, -0.25) is 5.32 Å². The molecular formula is C13H12F3N3. The summed E-state index contributed by atoms with van der Waals surface area (Å²) in [5, 5.41) is 9.84. The van der Waals surface area contributed by atoms with Crippen LogP contribution < -0.4 is 5.32 Å². The van der Waals surface area contributed by atoms with Gasteiger partial charge in [0.2, 0.25) is 0 Å². The normalized spacial score (nSPS) is 13.2. The molecule has 0 radical (unpaired) electrons. The maximum Gasteiger partial charge on any atom is 0.407 e. The Labute approximate surface area is 108 Å². The number of aromatic nitrogens is 2. The van der Waals surface area contributed by atoms with Crippen LogP contribution in [-0.2, 0) is 6.54 Å². The minimum atomic E-state index is -4.36. The highest BCUT2D eigenvalue weighted by molar-refractivity contribution is 5.20. The van der Waals surface area contributed by atoms with Crippen molar-refractivity contribution in [2.24, 2.45) is 0 Å². The molecule has 0 amide bonds. The van der Waals surface area contributed by atoms with Gasteiger partial charge in [-0.05, 0) is 17.7 Å². The molecule has 6 heteroatoms. The Morgan fingerprint density at radius 3 is 2.37 bits per heavy atom. The van der Waals surface area contributed by atoms with E-state index in [1.165, 1.54) is 18.3 Å². The van der Waals surface area contributed by atoms with Gasteiger partial charge in [0, 0.05) is 12.7 Å². The highest BCUT2D eigenvalue weighted by Gasteiger charge is 2.40. The predicted molar refractivity (Wildman–Crippen MR) is 64.1 cm³/mol. The summed E-state index contributed by atoms with van der Waals surface area (Å²) in [6, 6.07) is 9.28. The molecule has 3 nitrogen and oxygen atoms in total. The largest absolute Gasteiger partial charge is 0.407 e. The third kappa shape index (κ3) is 3.75. The zero-order valence-electron chi connectivity index (χ0n) is 9.93. The standard InChI is InChI=1S/C13H12F3N3/c14-13(15,16)12(10-5-2-1-3-6-10)17-9-11-7-4-8-18-19-11/h1-8,12,17H,9H2. The third-order valence-corrected chi connectivity index (χ3v) is 2.58. The van der Waals surface area contributed by atoms with E-state index in [9.17, 15) is 13.2 Å². The molecule has 0 aliphatic carbocycles. The van der Waals surface area contributed by atoms with Gasteiger partial charge in [0.25, 0.3) is 0 Å². The first-order chi connectivity index (χ1) is 9.07. The lowest BCUT2D eigenvalue weighted by atomic mass is 10.1. The Morgan fingerprint density at radius 1 is 1.05 bits per heavy atom. The van der Waals surface area contributed by atoms with Crippen LogP contribution in [0.3, 0.4) is 0 Å². The summed E-state index contributed by atoms with van der Waals surface area (Å²) >= 11 is 0. The van der Waals surface area contributed by atoms with Crippen molar-refractivity contribution < 1.29 is 13.2 Å². The molecule has 0 aliphatic rings. The lowest BCUT2D eigenvalue weighted by Crippen LogP contribution is -2.34. The van der Waals surface area contributed by atoms with E-state index in [0.717, 1.165) is 0 Å². The minimum absolute atomic E-state index is 0.00686. The van der Waals surface area contributed by atoms with Crippen molar-refractivity contribution in [3.63, 3.8) is 0 Å². The van der Waals surface area contributed by atoms with Crippen LogP contribution in [0.4, 0.5) is 13.2 Å². The lowest BCUT2D eigenvalue weighted by molar-refractivity contribution is -0.158. The van der Waals surface area contributed by atoms with E-state index in [1.807, 2.05) is 0 Å². The molecule has 1 heterocycles. The highest BCUT2D eigenvalue weighted by Crippen LogP contribution is 2.32. The molecule has 0 saturated carbocycles. The fourth-order valence-electron chi connectivity index (χ4n) is 1.70. The van der Waals surface area contributed by atoms with Crippen molar-refractivity contribution >= 4 is 0 Å². The number of nitrogens with zero attached hydrogens (tertiary/aromatic N) is 2. The average Bonchev–Trinajstić information content (AvgIpc) is 2.40. The van der Waals surface area contributed by atoms with Crippen molar-refractivity contribution in [1.29, 1.82) is 0 Å². The second kappa shape index (κ2) is 5.79. The predicted octanol–water partition coefficient (Wildman–Crippen LogP) is 2.87. The van der Waals surface area contributed by atoms with E-state index in [4.69, 9.17) is 0 Å². The van der Waals surface area contributed by atoms with Gasteiger partial charge >= 0.3 is 6.18 Å². The van der Waals surface area contributed by atoms with E-state index in [1.54, 1.807) is 30.3 Å². The summed E-state index contributed by atoms with van der Waals surface area (Å²) in [5.41, 5.74) is 0.645. The first kappa shape index (κ1) is 13.5. The van der Waals surface area contributed by atoms with Crippen molar-refractivity contribution in [1.82, 2.24) is 15.5 Å². The maximum absolute atomic E-state index is 13.0. The molecule has 100 valence electrons. The smallest absolute Gasteiger partial charge is 0.297 e. The summed E-state index contributed by atoms with van der Waals surface area (Å²) < 4.78 is 39.0. The molecule has 1 aromatic carbocycles. The first-order valence-electron chi connectivity index (χ1n) is 5.69. The Balaban J connectivity index is 2.12. The molecule has 0 aliphatic heterocycles. The van der Waals surface area contributed by atoms with Crippen LogP contribution in [0, 0.1) is 0 Å². The van der Waals surface area contributed by atoms with Crippen molar-refractivity contribution in [3.8, 4) is 0 Å². The monoisotopic (exact) mass is 267 g/mol. The second-order valence-electron chi connectivity index (χ2n) is 3.98. The van der Waals surface area contributed by atoms with Crippen LogP contribution in [-0.4, -0.2) is 16.4 Å². The highest BCUT2D eigenvalue weighted by atomic mass is 19.4. The number of halogens is 3. The topological polar surface area (TPSA) is 37.8 Å². The lowest BCUT2D eigenvalue weighted by Gasteiger charge is -2.21. The Hall–Kier alpha value is -1.95. The van der Waals surface area contributed by atoms with Gasteiger partial charge in [0.05, 0.1) is 5.69 Å². The molecule has 0 bridgehead atoms. The molecule has 0 fully saturated rings. The van der Waals surface area contributed by atoms with Crippen molar-refractivity contribution in [2.45, 2.75) is 18.8 Å². The van der Waals surface area contributed by atoms with Gasteiger partial charge in [-0.1, -0.05) is 30.3 Å². The SMILES string of the molecule is FC(F)(F)C(NCc1cccnn1)c1ccccc1. The van der Waals surface area contributed by atoms with Crippen LogP contribution in [0.1, 0.15) is 17.3 Å². The quantitative estimate of drug-likeness (QED) is 0.925. The Kier molecular flexibility index (Phi) is 4.11. The maximum atomic E-state index is 13.0. The zero-order chi connectivity index (χ0) is 13.7. The second-order valence-corrected chi connectivity index (χ2v) is 3.98. The van der Waals surface area contributed by atoms with E-state index >= 15 is 0 Å². The summed E-state index contributed by atoms with van der Waals surface area (Å²) in [6.07, 6.45) is -2.88. The number of hydrogen-bond acceptors (Lipinski definition) is 3. The van der Waals surface area contributed by atoms with Crippen LogP contribution in [0.15, 0.2) is 48.7 Å². The molecule has 0 saturated heterocycles. The Bertz CT molecular complexity index is 500. The molecule has 0 spiro atoms. The molecule has 2 aromatic rings. The van der Waals surface area contributed by atoms with Gasteiger partial charge in [0.15, 0.2) is 0 Å². The number of hydrogen-bond donors (Lipinski definition) is 1. The number of benzene rings is 1. The van der Waals surface area contributed by atoms with Crippen LogP contribution in [0.5, 0.6) is 0 Å². The summed E-state index contributed by atoms with van der Waals surface area (Å²) in [7, 11) is 0. The summed E-state index contributed by atoms with van der Waals surface area (Å²) in [4.78, 5) is 0. The third-order valence-electron chi connectivity index (χ3n) is 2.58. The van der Waals surface area contributed by atoms with Gasteiger partial charge < -0.3 is 0 Å². The fourth-order valence-corrected chi connectivity index (χ4v) is 1.70. The van der Waals surface area contributed by atoms with Gasteiger partial charge in [-0.15, -0.1) is 0 Å². The molecule has 1 N–H and O–H groups in total. The van der Waals surface area contributed by atoms with Crippen molar-refractivity contribution in [3.05, 3.63) is 59.9 Å². The van der Waals surface area contributed by atoms with Crippen LogP contribution in [0.2, 0.25) is 0 Å². The molecule has 2 rings (SSSR count). The van der Waals surface area contributed by atoms with E-state index in [2.05, 4.69) is 15.5 Å². The Morgan fingerprint density at radius 2 is 1.79 bits per heavy atom. The number of rotatable bonds is 4. The molecule has 19 heavy (non-hydrogen) atoms. The van der Waals surface area contributed by atoms with E-state index < -0.39 is 12.2 Å². The van der Waals surface area contributed by atoms with Crippen molar-refractivity contribution in [2.75, 3.05) is 0 Å².